The summed E-state index contributed by atoms with van der Waals surface area (Å²) in [5, 5.41) is 0. The molecule has 21 heavy (non-hydrogen) atoms. The highest BCUT2D eigenvalue weighted by Gasteiger charge is 2.23. The van der Waals surface area contributed by atoms with Gasteiger partial charge < -0.3 is 4.74 Å². The number of hydrazine groups is 1. The van der Waals surface area contributed by atoms with E-state index >= 15 is 0 Å². The lowest BCUT2D eigenvalue weighted by atomic mass is 10.1. The Bertz CT molecular complexity index is 515. The van der Waals surface area contributed by atoms with Crippen LogP contribution < -0.4 is 15.6 Å². The van der Waals surface area contributed by atoms with E-state index < -0.39 is 6.10 Å². The van der Waals surface area contributed by atoms with Crippen molar-refractivity contribution in [2.45, 2.75) is 38.7 Å². The zero-order valence-electron chi connectivity index (χ0n) is 11.9. The van der Waals surface area contributed by atoms with E-state index in [9.17, 15) is 9.59 Å². The highest BCUT2D eigenvalue weighted by molar-refractivity contribution is 9.10. The first-order valence-corrected chi connectivity index (χ1v) is 7.87. The molecule has 1 aliphatic rings. The minimum atomic E-state index is -0.692. The molecule has 0 unspecified atom stereocenters. The molecule has 2 N–H and O–H groups in total. The van der Waals surface area contributed by atoms with Gasteiger partial charge in [-0.1, -0.05) is 34.8 Å². The van der Waals surface area contributed by atoms with E-state index in [4.69, 9.17) is 4.74 Å². The predicted octanol–water partition coefficient (Wildman–Crippen LogP) is 2.55. The van der Waals surface area contributed by atoms with Crippen molar-refractivity contribution in [1.29, 1.82) is 0 Å². The quantitative estimate of drug-likeness (QED) is 0.816. The summed E-state index contributed by atoms with van der Waals surface area (Å²) in [4.78, 5) is 23.7. The molecular formula is C15H19BrN2O3. The molecule has 1 aliphatic carbocycles. The molecule has 1 saturated carbocycles. The first kappa shape index (κ1) is 15.8. The number of rotatable bonds is 4. The van der Waals surface area contributed by atoms with Gasteiger partial charge in [0.25, 0.3) is 5.91 Å². The average Bonchev–Trinajstić information content (AvgIpc) is 2.98. The Balaban J connectivity index is 1.78. The molecule has 1 atom stereocenters. The van der Waals surface area contributed by atoms with Crippen molar-refractivity contribution in [2.24, 2.45) is 5.92 Å². The first-order valence-electron chi connectivity index (χ1n) is 7.08. The van der Waals surface area contributed by atoms with Gasteiger partial charge in [-0.3, -0.25) is 20.4 Å². The normalized spacial score (nSPS) is 16.3. The Labute approximate surface area is 132 Å². The lowest BCUT2D eigenvalue weighted by molar-refractivity contribution is -0.134. The van der Waals surface area contributed by atoms with Crippen molar-refractivity contribution >= 4 is 27.7 Å². The van der Waals surface area contributed by atoms with E-state index in [0.717, 1.165) is 30.2 Å². The zero-order valence-corrected chi connectivity index (χ0v) is 13.5. The average molecular weight is 355 g/mol. The Kier molecular flexibility index (Phi) is 5.61. The van der Waals surface area contributed by atoms with Crippen LogP contribution in [0, 0.1) is 5.92 Å². The molecule has 2 rings (SSSR count). The summed E-state index contributed by atoms with van der Waals surface area (Å²) >= 11 is 3.34. The third kappa shape index (κ3) is 4.74. The smallest absolute Gasteiger partial charge is 0.279 e. The topological polar surface area (TPSA) is 67.4 Å². The summed E-state index contributed by atoms with van der Waals surface area (Å²) in [5.74, 6) is 0.123. The molecule has 5 nitrogen and oxygen atoms in total. The van der Waals surface area contributed by atoms with Crippen molar-refractivity contribution in [1.82, 2.24) is 10.9 Å². The van der Waals surface area contributed by atoms with Crippen molar-refractivity contribution in [3.8, 4) is 5.75 Å². The van der Waals surface area contributed by atoms with Crippen LogP contribution in [0.5, 0.6) is 5.75 Å². The molecule has 1 aromatic carbocycles. The van der Waals surface area contributed by atoms with Gasteiger partial charge in [0, 0.05) is 10.4 Å². The van der Waals surface area contributed by atoms with Gasteiger partial charge in [0.05, 0.1) is 0 Å². The number of halogens is 1. The van der Waals surface area contributed by atoms with E-state index in [0.29, 0.717) is 5.75 Å². The third-order valence-corrected chi connectivity index (χ3v) is 4.01. The van der Waals surface area contributed by atoms with Crippen LogP contribution in [0.15, 0.2) is 28.7 Å². The van der Waals surface area contributed by atoms with Crippen LogP contribution in [0.2, 0.25) is 0 Å². The molecule has 114 valence electrons. The monoisotopic (exact) mass is 354 g/mol. The fraction of sp³-hybridized carbons (Fsp3) is 0.467. The maximum Gasteiger partial charge on any atom is 0.279 e. The van der Waals surface area contributed by atoms with Crippen LogP contribution >= 0.6 is 15.9 Å². The second-order valence-electron chi connectivity index (χ2n) is 5.18. The van der Waals surface area contributed by atoms with Crippen molar-refractivity contribution in [3.63, 3.8) is 0 Å². The Morgan fingerprint density at radius 2 is 2.00 bits per heavy atom. The number of carbonyl (C=O) groups excluding carboxylic acids is 2. The van der Waals surface area contributed by atoms with Crippen molar-refractivity contribution in [2.75, 3.05) is 0 Å². The van der Waals surface area contributed by atoms with Gasteiger partial charge in [0.2, 0.25) is 5.91 Å². The Morgan fingerprint density at radius 3 is 2.67 bits per heavy atom. The molecular weight excluding hydrogens is 336 g/mol. The second kappa shape index (κ2) is 7.45. The minimum Gasteiger partial charge on any atom is -0.481 e. The summed E-state index contributed by atoms with van der Waals surface area (Å²) in [6.45, 7) is 1.64. The van der Waals surface area contributed by atoms with Crippen LogP contribution in [0.4, 0.5) is 0 Å². The van der Waals surface area contributed by atoms with Gasteiger partial charge in [0.1, 0.15) is 5.75 Å². The number of ether oxygens (including phenoxy) is 1. The number of hydrogen-bond donors (Lipinski definition) is 2. The van der Waals surface area contributed by atoms with E-state index in [1.807, 2.05) is 12.1 Å². The van der Waals surface area contributed by atoms with Gasteiger partial charge in [-0.15, -0.1) is 0 Å². The lowest BCUT2D eigenvalue weighted by Crippen LogP contribution is -2.48. The molecule has 0 aromatic heterocycles. The summed E-state index contributed by atoms with van der Waals surface area (Å²) in [6, 6.07) is 7.25. The van der Waals surface area contributed by atoms with Crippen LogP contribution in [0.25, 0.3) is 0 Å². The van der Waals surface area contributed by atoms with Gasteiger partial charge >= 0.3 is 0 Å². The van der Waals surface area contributed by atoms with Crippen LogP contribution in [-0.4, -0.2) is 17.9 Å². The molecule has 0 aliphatic heterocycles. The SMILES string of the molecule is C[C@H](Oc1cccc(Br)c1)C(=O)NNC(=O)C1CCCC1. The zero-order chi connectivity index (χ0) is 15.2. The minimum absolute atomic E-state index is 0.0200. The Morgan fingerprint density at radius 1 is 1.29 bits per heavy atom. The fourth-order valence-electron chi connectivity index (χ4n) is 2.31. The maximum absolute atomic E-state index is 11.9. The largest absolute Gasteiger partial charge is 0.481 e. The highest BCUT2D eigenvalue weighted by atomic mass is 79.9. The summed E-state index contributed by atoms with van der Waals surface area (Å²) in [7, 11) is 0. The lowest BCUT2D eigenvalue weighted by Gasteiger charge is -2.16. The van der Waals surface area contributed by atoms with Crippen LogP contribution in [0.1, 0.15) is 32.6 Å². The summed E-state index contributed by atoms with van der Waals surface area (Å²) in [5.41, 5.74) is 4.89. The molecule has 1 fully saturated rings. The predicted molar refractivity (Wildman–Crippen MR) is 82.5 cm³/mol. The number of nitrogens with one attached hydrogen (secondary N) is 2. The molecule has 0 spiro atoms. The van der Waals surface area contributed by atoms with E-state index in [1.165, 1.54) is 0 Å². The Hall–Kier alpha value is -1.56. The van der Waals surface area contributed by atoms with Crippen LogP contribution in [0.3, 0.4) is 0 Å². The molecule has 0 radical (unpaired) electrons. The molecule has 1 aromatic rings. The van der Waals surface area contributed by atoms with Gasteiger partial charge in [-0.2, -0.15) is 0 Å². The molecule has 0 saturated heterocycles. The van der Waals surface area contributed by atoms with Gasteiger partial charge in [-0.05, 0) is 38.0 Å². The van der Waals surface area contributed by atoms with E-state index in [-0.39, 0.29) is 17.7 Å². The standard InChI is InChI=1S/C15H19BrN2O3/c1-10(21-13-8-4-7-12(16)9-13)14(19)17-18-15(20)11-5-2-3-6-11/h4,7-11H,2-3,5-6H2,1H3,(H,17,19)(H,18,20)/t10-/m0/s1. The second-order valence-corrected chi connectivity index (χ2v) is 6.09. The number of amides is 2. The fourth-order valence-corrected chi connectivity index (χ4v) is 2.69. The van der Waals surface area contributed by atoms with E-state index in [1.54, 1.807) is 19.1 Å². The van der Waals surface area contributed by atoms with Crippen LogP contribution in [-0.2, 0) is 9.59 Å². The van der Waals surface area contributed by atoms with Crippen molar-refractivity contribution < 1.29 is 14.3 Å². The first-order chi connectivity index (χ1) is 10.1. The highest BCUT2D eigenvalue weighted by Crippen LogP contribution is 2.24. The number of benzene rings is 1. The third-order valence-electron chi connectivity index (χ3n) is 3.51. The number of carbonyl (C=O) groups is 2. The summed E-state index contributed by atoms with van der Waals surface area (Å²) in [6.07, 6.45) is 3.25. The number of hydrogen-bond acceptors (Lipinski definition) is 3. The molecule has 2 amide bonds. The maximum atomic E-state index is 11.9. The summed E-state index contributed by atoms with van der Waals surface area (Å²) < 4.78 is 6.40. The van der Waals surface area contributed by atoms with E-state index in [2.05, 4.69) is 26.8 Å². The molecule has 0 heterocycles. The molecule has 6 heteroatoms. The van der Waals surface area contributed by atoms with Crippen molar-refractivity contribution in [3.05, 3.63) is 28.7 Å². The van der Waals surface area contributed by atoms with Gasteiger partial charge in [-0.25, -0.2) is 0 Å². The molecule has 0 bridgehead atoms. The van der Waals surface area contributed by atoms with Gasteiger partial charge in [0.15, 0.2) is 6.10 Å².